The highest BCUT2D eigenvalue weighted by molar-refractivity contribution is 7.98. The number of aromatic nitrogens is 1. The summed E-state index contributed by atoms with van der Waals surface area (Å²) in [5.74, 6) is 0.287. The molecule has 0 saturated heterocycles. The molecule has 0 aliphatic carbocycles. The molecular weight excluding hydrogens is 240 g/mol. The SMILES string of the molecule is Nc1ccc(C(=O)O)nc1SCc1ccco1. The predicted molar refractivity (Wildman–Crippen MR) is 63.9 cm³/mol. The molecule has 2 aromatic heterocycles. The molecule has 0 spiro atoms. The summed E-state index contributed by atoms with van der Waals surface area (Å²) in [6, 6.07) is 6.56. The first-order valence-corrected chi connectivity index (χ1v) is 5.80. The summed E-state index contributed by atoms with van der Waals surface area (Å²) in [6.45, 7) is 0. The minimum absolute atomic E-state index is 0.0128. The number of rotatable bonds is 4. The summed E-state index contributed by atoms with van der Waals surface area (Å²) < 4.78 is 5.17. The van der Waals surface area contributed by atoms with Crippen molar-refractivity contribution in [1.29, 1.82) is 0 Å². The standard InChI is InChI=1S/C11H10N2O3S/c12-8-3-4-9(11(14)15)13-10(8)17-6-7-2-1-5-16-7/h1-5H,6,12H2,(H,14,15). The Kier molecular flexibility index (Phi) is 3.34. The molecule has 0 aliphatic heterocycles. The third-order valence-electron chi connectivity index (χ3n) is 2.04. The van der Waals surface area contributed by atoms with Crippen molar-refractivity contribution in [3.63, 3.8) is 0 Å². The second-order valence-corrected chi connectivity index (χ2v) is 4.23. The lowest BCUT2D eigenvalue weighted by Gasteiger charge is -2.04. The molecule has 2 aromatic rings. The molecular formula is C11H10N2O3S. The first-order chi connectivity index (χ1) is 8.16. The third kappa shape index (κ3) is 2.79. The summed E-state index contributed by atoms with van der Waals surface area (Å²) in [4.78, 5) is 14.7. The van der Waals surface area contributed by atoms with Gasteiger partial charge in [0.05, 0.1) is 17.7 Å². The monoisotopic (exact) mass is 250 g/mol. The van der Waals surface area contributed by atoms with Crippen molar-refractivity contribution < 1.29 is 14.3 Å². The fourth-order valence-electron chi connectivity index (χ4n) is 1.22. The van der Waals surface area contributed by atoms with E-state index in [-0.39, 0.29) is 5.69 Å². The second-order valence-electron chi connectivity index (χ2n) is 3.26. The molecule has 3 N–H and O–H groups in total. The second kappa shape index (κ2) is 4.92. The molecule has 0 radical (unpaired) electrons. The Hall–Kier alpha value is -1.95. The Morgan fingerprint density at radius 1 is 1.47 bits per heavy atom. The van der Waals surface area contributed by atoms with Crippen molar-refractivity contribution in [2.24, 2.45) is 0 Å². The third-order valence-corrected chi connectivity index (χ3v) is 3.07. The zero-order chi connectivity index (χ0) is 12.3. The number of carbonyl (C=O) groups is 1. The normalized spacial score (nSPS) is 10.4. The molecule has 0 aliphatic rings. The number of aromatic carboxylic acids is 1. The van der Waals surface area contributed by atoms with Crippen LogP contribution >= 0.6 is 11.8 Å². The van der Waals surface area contributed by atoms with Gasteiger partial charge in [0, 0.05) is 0 Å². The van der Waals surface area contributed by atoms with Gasteiger partial charge in [-0.25, -0.2) is 9.78 Å². The van der Waals surface area contributed by atoms with Crippen molar-refractivity contribution in [3.8, 4) is 0 Å². The molecule has 0 atom stereocenters. The van der Waals surface area contributed by atoms with Gasteiger partial charge >= 0.3 is 5.97 Å². The predicted octanol–water partition coefficient (Wildman–Crippen LogP) is 2.25. The lowest BCUT2D eigenvalue weighted by molar-refractivity contribution is 0.0690. The van der Waals surface area contributed by atoms with Crippen LogP contribution in [0.4, 0.5) is 5.69 Å². The van der Waals surface area contributed by atoms with Crippen LogP contribution < -0.4 is 5.73 Å². The van der Waals surface area contributed by atoms with Crippen molar-refractivity contribution >= 4 is 23.4 Å². The first kappa shape index (κ1) is 11.5. The maximum Gasteiger partial charge on any atom is 0.354 e. The number of hydrogen-bond donors (Lipinski definition) is 2. The average Bonchev–Trinajstić information content (AvgIpc) is 2.80. The number of nitrogen functional groups attached to an aromatic ring is 1. The Balaban J connectivity index is 2.14. The molecule has 5 nitrogen and oxygen atoms in total. The van der Waals surface area contributed by atoms with Gasteiger partial charge in [-0.1, -0.05) is 11.8 Å². The number of nitrogens with zero attached hydrogens (tertiary/aromatic N) is 1. The highest BCUT2D eigenvalue weighted by Crippen LogP contribution is 2.26. The van der Waals surface area contributed by atoms with E-state index in [1.807, 2.05) is 6.07 Å². The summed E-state index contributed by atoms with van der Waals surface area (Å²) in [6.07, 6.45) is 1.58. The fraction of sp³-hybridized carbons (Fsp3) is 0.0909. The largest absolute Gasteiger partial charge is 0.477 e. The van der Waals surface area contributed by atoms with Crippen LogP contribution in [0.15, 0.2) is 40.0 Å². The highest BCUT2D eigenvalue weighted by atomic mass is 32.2. The molecule has 0 amide bonds. The van der Waals surface area contributed by atoms with Gasteiger partial charge < -0.3 is 15.3 Å². The smallest absolute Gasteiger partial charge is 0.354 e. The topological polar surface area (TPSA) is 89.4 Å². The fourth-order valence-corrected chi connectivity index (χ4v) is 2.06. The average molecular weight is 250 g/mol. The number of nitrogens with two attached hydrogens (primary N) is 1. The molecule has 0 unspecified atom stereocenters. The van der Waals surface area contributed by atoms with Gasteiger partial charge in [0.25, 0.3) is 0 Å². The number of carboxylic acids is 1. The van der Waals surface area contributed by atoms with Crippen molar-refractivity contribution in [1.82, 2.24) is 4.98 Å². The van der Waals surface area contributed by atoms with Crippen LogP contribution in [0.2, 0.25) is 0 Å². The Morgan fingerprint density at radius 2 is 2.29 bits per heavy atom. The molecule has 0 saturated carbocycles. The number of carboxylic acid groups (broad SMARTS) is 1. The molecule has 17 heavy (non-hydrogen) atoms. The zero-order valence-electron chi connectivity index (χ0n) is 8.79. The van der Waals surface area contributed by atoms with E-state index in [1.165, 1.54) is 17.8 Å². The summed E-state index contributed by atoms with van der Waals surface area (Å²) in [5.41, 5.74) is 6.17. The number of anilines is 1. The molecule has 0 fully saturated rings. The molecule has 0 aromatic carbocycles. The summed E-state index contributed by atoms with van der Waals surface area (Å²) in [5, 5.41) is 9.32. The first-order valence-electron chi connectivity index (χ1n) is 4.82. The van der Waals surface area contributed by atoms with E-state index in [0.717, 1.165) is 5.76 Å². The minimum atomic E-state index is -1.06. The molecule has 6 heteroatoms. The van der Waals surface area contributed by atoms with Gasteiger partial charge in [0.15, 0.2) is 0 Å². The van der Waals surface area contributed by atoms with Gasteiger partial charge in [-0.15, -0.1) is 0 Å². The number of pyridine rings is 1. The van der Waals surface area contributed by atoms with Crippen LogP contribution in [0.3, 0.4) is 0 Å². The maximum atomic E-state index is 10.8. The number of hydrogen-bond acceptors (Lipinski definition) is 5. The number of furan rings is 1. The molecule has 2 heterocycles. The highest BCUT2D eigenvalue weighted by Gasteiger charge is 2.09. The van der Waals surface area contributed by atoms with Crippen LogP contribution in [0, 0.1) is 0 Å². The summed E-state index contributed by atoms with van der Waals surface area (Å²) >= 11 is 1.34. The van der Waals surface area contributed by atoms with Crippen LogP contribution in [0.25, 0.3) is 0 Å². The Labute approximate surface area is 102 Å². The quantitative estimate of drug-likeness (QED) is 0.809. The lowest BCUT2D eigenvalue weighted by atomic mass is 10.3. The zero-order valence-corrected chi connectivity index (χ0v) is 9.61. The van der Waals surface area contributed by atoms with E-state index in [9.17, 15) is 4.79 Å². The van der Waals surface area contributed by atoms with E-state index in [4.69, 9.17) is 15.3 Å². The van der Waals surface area contributed by atoms with Crippen LogP contribution in [0.1, 0.15) is 16.2 Å². The maximum absolute atomic E-state index is 10.8. The van der Waals surface area contributed by atoms with E-state index < -0.39 is 5.97 Å². The molecule has 0 bridgehead atoms. The number of thioether (sulfide) groups is 1. The lowest BCUT2D eigenvalue weighted by Crippen LogP contribution is -2.02. The van der Waals surface area contributed by atoms with Crippen molar-refractivity contribution in [2.75, 3.05) is 5.73 Å². The van der Waals surface area contributed by atoms with E-state index >= 15 is 0 Å². The Morgan fingerprint density at radius 3 is 2.94 bits per heavy atom. The Bertz CT molecular complexity index is 526. The van der Waals surface area contributed by atoms with Gasteiger partial charge in [-0.2, -0.15) is 0 Å². The van der Waals surface area contributed by atoms with Crippen LogP contribution in [0.5, 0.6) is 0 Å². The summed E-state index contributed by atoms with van der Waals surface area (Å²) in [7, 11) is 0. The minimum Gasteiger partial charge on any atom is -0.477 e. The van der Waals surface area contributed by atoms with E-state index in [2.05, 4.69) is 4.98 Å². The van der Waals surface area contributed by atoms with Crippen LogP contribution in [-0.2, 0) is 5.75 Å². The van der Waals surface area contributed by atoms with Crippen LogP contribution in [-0.4, -0.2) is 16.1 Å². The van der Waals surface area contributed by atoms with E-state index in [1.54, 1.807) is 18.4 Å². The van der Waals surface area contributed by atoms with Gasteiger partial charge in [0.2, 0.25) is 0 Å². The molecule has 2 rings (SSSR count). The van der Waals surface area contributed by atoms with Crippen molar-refractivity contribution in [3.05, 3.63) is 42.0 Å². The molecule has 88 valence electrons. The van der Waals surface area contributed by atoms with Gasteiger partial charge in [0.1, 0.15) is 16.5 Å². The van der Waals surface area contributed by atoms with E-state index in [0.29, 0.717) is 16.5 Å². The van der Waals surface area contributed by atoms with Gasteiger partial charge in [-0.3, -0.25) is 0 Å². The van der Waals surface area contributed by atoms with Crippen molar-refractivity contribution in [2.45, 2.75) is 10.8 Å². The van der Waals surface area contributed by atoms with Gasteiger partial charge in [-0.05, 0) is 24.3 Å².